The highest BCUT2D eigenvalue weighted by Crippen LogP contribution is 2.40. The molecular formula is C15H21NO3. The Morgan fingerprint density at radius 1 is 1.42 bits per heavy atom. The number of rotatable bonds is 6. The monoisotopic (exact) mass is 263 g/mol. The summed E-state index contributed by atoms with van der Waals surface area (Å²) in [6.07, 6.45) is 2.17. The summed E-state index contributed by atoms with van der Waals surface area (Å²) in [7, 11) is 1.80. The lowest BCUT2D eigenvalue weighted by Crippen LogP contribution is -2.56. The molecule has 1 atom stereocenters. The molecule has 4 heteroatoms. The van der Waals surface area contributed by atoms with Crippen molar-refractivity contribution in [2.24, 2.45) is 5.41 Å². The average Bonchev–Trinajstić information content (AvgIpc) is 2.34. The van der Waals surface area contributed by atoms with E-state index in [9.17, 15) is 9.90 Å². The molecule has 0 amide bonds. The third-order valence-electron chi connectivity index (χ3n) is 3.84. The lowest BCUT2D eigenvalue weighted by atomic mass is 9.75. The van der Waals surface area contributed by atoms with Gasteiger partial charge in [0.2, 0.25) is 0 Å². The average molecular weight is 263 g/mol. The third-order valence-corrected chi connectivity index (χ3v) is 3.84. The molecule has 19 heavy (non-hydrogen) atoms. The van der Waals surface area contributed by atoms with Gasteiger partial charge in [-0.3, -0.25) is 4.79 Å². The predicted molar refractivity (Wildman–Crippen MR) is 73.1 cm³/mol. The topological polar surface area (TPSA) is 58.6 Å². The molecule has 1 unspecified atom stereocenters. The summed E-state index contributed by atoms with van der Waals surface area (Å²) in [5.41, 5.74) is 1.46. The lowest BCUT2D eigenvalue weighted by Gasteiger charge is -2.43. The van der Waals surface area contributed by atoms with Gasteiger partial charge >= 0.3 is 5.97 Å². The van der Waals surface area contributed by atoms with Gasteiger partial charge in [0.25, 0.3) is 0 Å². The highest BCUT2D eigenvalue weighted by Gasteiger charge is 2.52. The van der Waals surface area contributed by atoms with E-state index in [1.54, 1.807) is 7.05 Å². The molecule has 0 aliphatic carbocycles. The van der Waals surface area contributed by atoms with E-state index >= 15 is 0 Å². The van der Waals surface area contributed by atoms with Crippen LogP contribution in [0.1, 0.15) is 30.5 Å². The number of ether oxygens (including phenoxy) is 1. The van der Waals surface area contributed by atoms with Gasteiger partial charge in [0.05, 0.1) is 19.3 Å². The van der Waals surface area contributed by atoms with E-state index in [1.165, 1.54) is 5.56 Å². The minimum absolute atomic E-state index is 0.213. The lowest BCUT2D eigenvalue weighted by molar-refractivity contribution is -0.186. The first-order chi connectivity index (χ1) is 9.14. The Morgan fingerprint density at radius 3 is 2.42 bits per heavy atom. The number of aryl methyl sites for hydroxylation is 1. The van der Waals surface area contributed by atoms with Crippen molar-refractivity contribution in [1.29, 1.82) is 0 Å². The number of aliphatic carboxylic acids is 1. The van der Waals surface area contributed by atoms with Gasteiger partial charge in [-0.2, -0.15) is 0 Å². The molecule has 1 heterocycles. The van der Waals surface area contributed by atoms with Crippen molar-refractivity contribution in [1.82, 2.24) is 5.32 Å². The fraction of sp³-hybridized carbons (Fsp3) is 0.533. The van der Waals surface area contributed by atoms with Crippen LogP contribution < -0.4 is 5.32 Å². The van der Waals surface area contributed by atoms with Gasteiger partial charge in [0.15, 0.2) is 0 Å². The maximum atomic E-state index is 11.5. The summed E-state index contributed by atoms with van der Waals surface area (Å²) >= 11 is 0. The zero-order valence-corrected chi connectivity index (χ0v) is 11.5. The molecule has 0 saturated carbocycles. The first kappa shape index (κ1) is 14.0. The van der Waals surface area contributed by atoms with E-state index in [0.29, 0.717) is 0 Å². The van der Waals surface area contributed by atoms with Crippen LogP contribution in [-0.4, -0.2) is 31.3 Å². The predicted octanol–water partition coefficient (Wildman–Crippen LogP) is 2.00. The van der Waals surface area contributed by atoms with Crippen LogP contribution in [-0.2, 0) is 16.0 Å². The van der Waals surface area contributed by atoms with Crippen LogP contribution in [0.15, 0.2) is 24.3 Å². The van der Waals surface area contributed by atoms with Gasteiger partial charge in [0.1, 0.15) is 5.41 Å². The minimum atomic E-state index is -0.832. The molecule has 1 aliphatic heterocycles. The fourth-order valence-electron chi connectivity index (χ4n) is 2.66. The molecule has 4 nitrogen and oxygen atoms in total. The Balaban J connectivity index is 2.24. The van der Waals surface area contributed by atoms with Crippen molar-refractivity contribution in [2.45, 2.75) is 25.8 Å². The number of benzene rings is 1. The number of carboxylic acid groups (broad SMARTS) is 1. The second-order valence-electron chi connectivity index (χ2n) is 5.17. The second kappa shape index (κ2) is 5.72. The van der Waals surface area contributed by atoms with Crippen LogP contribution in [0.2, 0.25) is 0 Å². The maximum absolute atomic E-state index is 11.5. The second-order valence-corrected chi connectivity index (χ2v) is 5.17. The van der Waals surface area contributed by atoms with Gasteiger partial charge in [0, 0.05) is 0 Å². The van der Waals surface area contributed by atoms with Gasteiger partial charge in [-0.25, -0.2) is 0 Å². The van der Waals surface area contributed by atoms with Crippen LogP contribution in [0.4, 0.5) is 0 Å². The smallest absolute Gasteiger partial charge is 0.316 e. The van der Waals surface area contributed by atoms with Crippen LogP contribution in [0.5, 0.6) is 0 Å². The van der Waals surface area contributed by atoms with Crippen molar-refractivity contribution in [3.63, 3.8) is 0 Å². The Labute approximate surface area is 113 Å². The molecule has 0 bridgehead atoms. The van der Waals surface area contributed by atoms with Crippen LogP contribution >= 0.6 is 0 Å². The highest BCUT2D eigenvalue weighted by molar-refractivity contribution is 5.77. The van der Waals surface area contributed by atoms with E-state index < -0.39 is 11.4 Å². The standard InChI is InChI=1S/C15H21NO3/c1-3-4-11-5-7-12(8-6-11)13(16-2)15(14(17)18)9-19-10-15/h5-8,13,16H,3-4,9-10H2,1-2H3,(H,17,18). The number of hydrogen-bond donors (Lipinski definition) is 2. The molecule has 1 saturated heterocycles. The minimum Gasteiger partial charge on any atom is -0.481 e. The van der Waals surface area contributed by atoms with E-state index in [0.717, 1.165) is 18.4 Å². The summed E-state index contributed by atoms with van der Waals surface area (Å²) in [6, 6.07) is 8.00. The zero-order valence-electron chi connectivity index (χ0n) is 11.5. The van der Waals surface area contributed by atoms with Gasteiger partial charge in [-0.1, -0.05) is 37.6 Å². The number of carboxylic acids is 1. The fourth-order valence-corrected chi connectivity index (χ4v) is 2.66. The Morgan fingerprint density at radius 2 is 2.05 bits per heavy atom. The number of nitrogens with one attached hydrogen (secondary N) is 1. The van der Waals surface area contributed by atoms with Crippen LogP contribution in [0.3, 0.4) is 0 Å². The van der Waals surface area contributed by atoms with E-state index in [2.05, 4.69) is 24.4 Å². The molecule has 0 aromatic heterocycles. The van der Waals surface area contributed by atoms with Gasteiger partial charge < -0.3 is 15.2 Å². The molecule has 1 aromatic rings. The normalized spacial score (nSPS) is 18.6. The SMILES string of the molecule is CCCc1ccc(C(NC)C2(C(=O)O)COC2)cc1. The quantitative estimate of drug-likeness (QED) is 0.824. The maximum Gasteiger partial charge on any atom is 0.316 e. The van der Waals surface area contributed by atoms with E-state index in [4.69, 9.17) is 4.74 Å². The van der Waals surface area contributed by atoms with E-state index in [1.807, 2.05) is 12.1 Å². The van der Waals surface area contributed by atoms with Crippen molar-refractivity contribution >= 4 is 5.97 Å². The molecule has 0 radical (unpaired) electrons. The molecule has 1 aromatic carbocycles. The Hall–Kier alpha value is -1.39. The molecule has 1 fully saturated rings. The van der Waals surface area contributed by atoms with Crippen molar-refractivity contribution in [3.8, 4) is 0 Å². The molecule has 2 N–H and O–H groups in total. The number of carbonyl (C=O) groups is 1. The van der Waals surface area contributed by atoms with Crippen molar-refractivity contribution < 1.29 is 14.6 Å². The molecule has 1 aliphatic rings. The van der Waals surface area contributed by atoms with Crippen molar-refractivity contribution in [2.75, 3.05) is 20.3 Å². The van der Waals surface area contributed by atoms with Crippen molar-refractivity contribution in [3.05, 3.63) is 35.4 Å². The molecular weight excluding hydrogens is 242 g/mol. The summed E-state index contributed by atoms with van der Waals surface area (Å²) < 4.78 is 5.15. The summed E-state index contributed by atoms with van der Waals surface area (Å²) in [6.45, 7) is 2.69. The van der Waals surface area contributed by atoms with Gasteiger partial charge in [-0.05, 0) is 24.6 Å². The summed E-state index contributed by atoms with van der Waals surface area (Å²) in [4.78, 5) is 11.5. The Kier molecular flexibility index (Phi) is 4.22. The first-order valence-electron chi connectivity index (χ1n) is 6.71. The Bertz CT molecular complexity index is 437. The molecule has 104 valence electrons. The van der Waals surface area contributed by atoms with Crippen LogP contribution in [0.25, 0.3) is 0 Å². The molecule has 2 rings (SSSR count). The largest absolute Gasteiger partial charge is 0.481 e. The highest BCUT2D eigenvalue weighted by atomic mass is 16.5. The first-order valence-corrected chi connectivity index (χ1v) is 6.71. The van der Waals surface area contributed by atoms with Crippen LogP contribution in [0, 0.1) is 5.41 Å². The zero-order chi connectivity index (χ0) is 13.9. The summed E-state index contributed by atoms with van der Waals surface area (Å²) in [5, 5.41) is 12.6. The van der Waals surface area contributed by atoms with Gasteiger partial charge in [-0.15, -0.1) is 0 Å². The van der Waals surface area contributed by atoms with E-state index in [-0.39, 0.29) is 19.3 Å². The number of hydrogen-bond acceptors (Lipinski definition) is 3. The summed E-state index contributed by atoms with van der Waals surface area (Å²) in [5.74, 6) is -0.796. The third kappa shape index (κ3) is 2.51. The molecule has 0 spiro atoms.